The summed E-state index contributed by atoms with van der Waals surface area (Å²) in [6, 6.07) is 9.34. The molecule has 30 heavy (non-hydrogen) atoms. The van der Waals surface area contributed by atoms with E-state index in [4.69, 9.17) is 4.74 Å². The van der Waals surface area contributed by atoms with Crippen LogP contribution in [0, 0.1) is 0 Å². The number of anilines is 1. The normalized spacial score (nSPS) is 13.3. The van der Waals surface area contributed by atoms with Crippen LogP contribution in [0.1, 0.15) is 5.56 Å². The first-order valence-electron chi connectivity index (χ1n) is 8.30. The number of hydrogen-bond donors (Lipinski definition) is 1. The van der Waals surface area contributed by atoms with Crippen molar-refractivity contribution in [3.8, 4) is 0 Å². The van der Waals surface area contributed by atoms with Crippen LogP contribution in [0.15, 0.2) is 59.5 Å². The Hall–Kier alpha value is -2.31. The number of nitrogens with zero attached hydrogens (tertiary/aromatic N) is 1. The van der Waals surface area contributed by atoms with Gasteiger partial charge in [0.05, 0.1) is 23.7 Å². The van der Waals surface area contributed by atoms with Crippen molar-refractivity contribution >= 4 is 15.7 Å². The van der Waals surface area contributed by atoms with Gasteiger partial charge in [-0.2, -0.15) is 26.3 Å². The van der Waals surface area contributed by atoms with Crippen LogP contribution >= 0.6 is 0 Å². The predicted molar refractivity (Wildman–Crippen MR) is 95.3 cm³/mol. The first-order valence-corrected chi connectivity index (χ1v) is 9.74. The first-order chi connectivity index (χ1) is 13.8. The quantitative estimate of drug-likeness (QED) is 0.642. The van der Waals surface area contributed by atoms with E-state index in [-0.39, 0.29) is 23.7 Å². The lowest BCUT2D eigenvalue weighted by Crippen LogP contribution is -2.53. The second-order valence-corrected chi connectivity index (χ2v) is 8.00. The molecule has 0 amide bonds. The van der Waals surface area contributed by atoms with Gasteiger partial charge in [0.25, 0.3) is 15.6 Å². The molecule has 0 aromatic heterocycles. The summed E-state index contributed by atoms with van der Waals surface area (Å²) < 4.78 is 110. The Kier molecular flexibility index (Phi) is 6.74. The smallest absolute Gasteiger partial charge is 0.383 e. The highest BCUT2D eigenvalue weighted by atomic mass is 32.2. The molecule has 2 rings (SSSR count). The number of methoxy groups -OCH3 is 1. The van der Waals surface area contributed by atoms with Gasteiger partial charge in [0, 0.05) is 12.7 Å². The number of alkyl halides is 6. The fourth-order valence-electron chi connectivity index (χ4n) is 2.64. The zero-order chi connectivity index (χ0) is 22.8. The Morgan fingerprint density at radius 2 is 1.40 bits per heavy atom. The van der Waals surface area contributed by atoms with Crippen molar-refractivity contribution < 1.29 is 44.6 Å². The third kappa shape index (κ3) is 4.40. The SMILES string of the molecule is COCCN(c1ccc(C(O)(C(F)(F)F)C(F)(F)F)cc1)S(=O)(=O)c1ccccc1. The maximum atomic E-state index is 13.0. The molecule has 0 atom stereocenters. The van der Waals surface area contributed by atoms with Gasteiger partial charge in [-0.3, -0.25) is 4.31 Å². The highest BCUT2D eigenvalue weighted by Gasteiger charge is 2.71. The Balaban J connectivity index is 2.53. The number of hydrogen-bond acceptors (Lipinski definition) is 4. The second-order valence-electron chi connectivity index (χ2n) is 6.14. The van der Waals surface area contributed by atoms with Gasteiger partial charge >= 0.3 is 12.4 Å². The number of ether oxygens (including phenoxy) is 1. The van der Waals surface area contributed by atoms with Gasteiger partial charge in [0.15, 0.2) is 0 Å². The third-order valence-electron chi connectivity index (χ3n) is 4.22. The summed E-state index contributed by atoms with van der Waals surface area (Å²) in [5, 5.41) is 9.46. The van der Waals surface area contributed by atoms with Crippen molar-refractivity contribution in [2.75, 3.05) is 24.6 Å². The van der Waals surface area contributed by atoms with Gasteiger partial charge in [0.1, 0.15) is 0 Å². The van der Waals surface area contributed by atoms with E-state index in [2.05, 4.69) is 0 Å². The molecule has 0 aliphatic rings. The average molecular weight is 457 g/mol. The molecule has 0 saturated heterocycles. The Labute approximate surface area is 168 Å². The highest BCUT2D eigenvalue weighted by molar-refractivity contribution is 7.92. The Morgan fingerprint density at radius 1 is 0.900 bits per heavy atom. The maximum Gasteiger partial charge on any atom is 0.430 e. The van der Waals surface area contributed by atoms with E-state index in [1.54, 1.807) is 6.07 Å². The van der Waals surface area contributed by atoms with Crippen LogP contribution in [0.5, 0.6) is 0 Å². The van der Waals surface area contributed by atoms with Crippen LogP contribution in [0.25, 0.3) is 0 Å². The molecule has 12 heteroatoms. The molecular weight excluding hydrogens is 440 g/mol. The molecule has 0 aliphatic carbocycles. The molecule has 2 aromatic carbocycles. The van der Waals surface area contributed by atoms with Gasteiger partial charge < -0.3 is 9.84 Å². The Morgan fingerprint density at radius 3 is 1.83 bits per heavy atom. The van der Waals surface area contributed by atoms with Crippen LogP contribution in [-0.4, -0.2) is 46.1 Å². The monoisotopic (exact) mass is 457 g/mol. The summed E-state index contributed by atoms with van der Waals surface area (Å²) in [5.41, 5.74) is -6.80. The van der Waals surface area contributed by atoms with Gasteiger partial charge in [-0.15, -0.1) is 0 Å². The molecule has 0 bridgehead atoms. The van der Waals surface area contributed by atoms with Crippen molar-refractivity contribution in [3.05, 3.63) is 60.2 Å². The largest absolute Gasteiger partial charge is 0.430 e. The standard InChI is InChI=1S/C18H17F6NO4S/c1-29-12-11-25(30(27,28)15-5-3-2-4-6-15)14-9-7-13(8-10-14)16(26,17(19,20)21)18(22,23)24/h2-10,26H,11-12H2,1H3. The summed E-state index contributed by atoms with van der Waals surface area (Å²) in [7, 11) is -2.89. The second kappa shape index (κ2) is 8.44. The molecule has 0 saturated carbocycles. The molecule has 0 radical (unpaired) electrons. The topological polar surface area (TPSA) is 66.8 Å². The predicted octanol–water partition coefficient (Wildman–Crippen LogP) is 3.84. The molecule has 0 heterocycles. The van der Waals surface area contributed by atoms with Crippen molar-refractivity contribution in [2.24, 2.45) is 0 Å². The van der Waals surface area contributed by atoms with Gasteiger partial charge in [-0.05, 0) is 24.3 Å². The van der Waals surface area contributed by atoms with Crippen molar-refractivity contribution in [1.29, 1.82) is 0 Å². The lowest BCUT2D eigenvalue weighted by molar-refractivity contribution is -0.376. The van der Waals surface area contributed by atoms with E-state index in [9.17, 15) is 39.9 Å². The minimum Gasteiger partial charge on any atom is -0.383 e. The zero-order valence-corrected chi connectivity index (χ0v) is 16.2. The summed E-state index contributed by atoms with van der Waals surface area (Å²) in [6.07, 6.45) is -12.1. The number of aliphatic hydroxyl groups is 1. The lowest BCUT2D eigenvalue weighted by Gasteiger charge is -2.33. The summed E-state index contributed by atoms with van der Waals surface area (Å²) in [5.74, 6) is 0. The van der Waals surface area contributed by atoms with Crippen molar-refractivity contribution in [2.45, 2.75) is 22.8 Å². The minimum atomic E-state index is -6.04. The minimum absolute atomic E-state index is 0.0944. The van der Waals surface area contributed by atoms with Crippen LogP contribution in [-0.2, 0) is 20.4 Å². The average Bonchev–Trinajstić information content (AvgIpc) is 2.67. The van der Waals surface area contributed by atoms with Gasteiger partial charge in [0.2, 0.25) is 0 Å². The number of benzene rings is 2. The molecule has 0 fully saturated rings. The molecule has 5 nitrogen and oxygen atoms in total. The van der Waals surface area contributed by atoms with Crippen LogP contribution in [0.2, 0.25) is 0 Å². The molecule has 0 unspecified atom stereocenters. The van der Waals surface area contributed by atoms with Crippen LogP contribution < -0.4 is 4.31 Å². The van der Waals surface area contributed by atoms with E-state index < -0.39 is 33.5 Å². The molecule has 1 N–H and O–H groups in total. The van der Waals surface area contributed by atoms with Crippen molar-refractivity contribution in [1.82, 2.24) is 0 Å². The lowest BCUT2D eigenvalue weighted by atomic mass is 9.92. The number of rotatable bonds is 7. The fourth-order valence-corrected chi connectivity index (χ4v) is 4.11. The maximum absolute atomic E-state index is 13.0. The van der Waals surface area contributed by atoms with E-state index in [1.165, 1.54) is 31.4 Å². The van der Waals surface area contributed by atoms with Gasteiger partial charge in [-0.1, -0.05) is 30.3 Å². The van der Waals surface area contributed by atoms with E-state index in [0.717, 1.165) is 16.4 Å². The fraction of sp³-hybridized carbons (Fsp3) is 0.333. The summed E-state index contributed by atoms with van der Waals surface area (Å²) in [6.45, 7) is -0.348. The van der Waals surface area contributed by atoms with Crippen LogP contribution in [0.3, 0.4) is 0 Å². The van der Waals surface area contributed by atoms with E-state index in [0.29, 0.717) is 12.1 Å². The zero-order valence-electron chi connectivity index (χ0n) is 15.4. The van der Waals surface area contributed by atoms with Crippen LogP contribution in [0.4, 0.5) is 32.0 Å². The third-order valence-corrected chi connectivity index (χ3v) is 6.06. The van der Waals surface area contributed by atoms with E-state index >= 15 is 0 Å². The van der Waals surface area contributed by atoms with Gasteiger partial charge in [-0.25, -0.2) is 8.42 Å². The molecule has 0 aliphatic heterocycles. The van der Waals surface area contributed by atoms with E-state index in [1.807, 2.05) is 0 Å². The molecular formula is C18H17F6NO4S. The first kappa shape index (κ1) is 24.0. The number of sulfonamides is 1. The summed E-state index contributed by atoms with van der Waals surface area (Å²) >= 11 is 0. The number of halogens is 6. The Bertz CT molecular complexity index is 929. The molecule has 0 spiro atoms. The molecule has 2 aromatic rings. The van der Waals surface area contributed by atoms with Crippen molar-refractivity contribution in [3.63, 3.8) is 0 Å². The molecule has 166 valence electrons. The highest BCUT2D eigenvalue weighted by Crippen LogP contribution is 2.50. The summed E-state index contributed by atoms with van der Waals surface area (Å²) in [4.78, 5) is -0.132.